The summed E-state index contributed by atoms with van der Waals surface area (Å²) in [5, 5.41) is 18.7. The van der Waals surface area contributed by atoms with Gasteiger partial charge in [-0.3, -0.25) is 0 Å². The van der Waals surface area contributed by atoms with Crippen LogP contribution in [0.2, 0.25) is 5.02 Å². The summed E-state index contributed by atoms with van der Waals surface area (Å²) in [6.07, 6.45) is 1.53. The van der Waals surface area contributed by atoms with Gasteiger partial charge in [0.25, 0.3) is 0 Å². The van der Waals surface area contributed by atoms with Crippen molar-refractivity contribution in [2.75, 3.05) is 26.2 Å². The summed E-state index contributed by atoms with van der Waals surface area (Å²) in [6.45, 7) is 3.06. The molecule has 0 saturated carbocycles. The van der Waals surface area contributed by atoms with Crippen LogP contribution in [0.3, 0.4) is 0 Å². The second kappa shape index (κ2) is 7.57. The molecular formula is C21H25ClN2O2. The zero-order valence-corrected chi connectivity index (χ0v) is 15.5. The number of ether oxygens (including phenoxy) is 1. The first kappa shape index (κ1) is 17.8. The van der Waals surface area contributed by atoms with Crippen LogP contribution in [0.4, 0.5) is 0 Å². The van der Waals surface area contributed by atoms with Gasteiger partial charge in [-0.2, -0.15) is 0 Å². The van der Waals surface area contributed by atoms with Crippen molar-refractivity contribution in [2.24, 2.45) is 0 Å². The van der Waals surface area contributed by atoms with Crippen molar-refractivity contribution >= 4 is 11.6 Å². The number of hydrogen-bond donors (Lipinski definition) is 3. The molecule has 1 fully saturated rings. The lowest BCUT2D eigenvalue weighted by atomic mass is 9.72. The van der Waals surface area contributed by atoms with Gasteiger partial charge in [-0.1, -0.05) is 48.0 Å². The van der Waals surface area contributed by atoms with Crippen molar-refractivity contribution in [3.63, 3.8) is 0 Å². The average molecular weight is 373 g/mol. The van der Waals surface area contributed by atoms with Gasteiger partial charge in [0, 0.05) is 12.0 Å². The molecule has 2 aromatic rings. The summed E-state index contributed by atoms with van der Waals surface area (Å²) < 4.78 is 5.77. The molecule has 2 aliphatic rings. The van der Waals surface area contributed by atoms with Gasteiger partial charge in [-0.15, -0.1) is 0 Å². The highest BCUT2D eigenvalue weighted by Gasteiger charge is 2.51. The van der Waals surface area contributed by atoms with Crippen LogP contribution in [0.5, 0.6) is 5.75 Å². The van der Waals surface area contributed by atoms with Crippen molar-refractivity contribution < 1.29 is 9.84 Å². The summed E-state index contributed by atoms with van der Waals surface area (Å²) in [4.78, 5) is 0. The fourth-order valence-corrected chi connectivity index (χ4v) is 4.66. The number of nitrogens with one attached hydrogen (secondary N) is 2. The third kappa shape index (κ3) is 3.12. The Morgan fingerprint density at radius 1 is 1.12 bits per heavy atom. The van der Waals surface area contributed by atoms with Crippen LogP contribution in [-0.2, 0) is 5.41 Å². The highest BCUT2D eigenvalue weighted by molar-refractivity contribution is 6.32. The van der Waals surface area contributed by atoms with E-state index < -0.39 is 6.10 Å². The fraction of sp³-hybridized carbons (Fsp3) is 0.429. The Morgan fingerprint density at radius 2 is 1.85 bits per heavy atom. The van der Waals surface area contributed by atoms with Crippen molar-refractivity contribution in [3.05, 3.63) is 64.7 Å². The first-order valence-corrected chi connectivity index (χ1v) is 9.69. The minimum Gasteiger partial charge on any atom is -0.491 e. The van der Waals surface area contributed by atoms with E-state index in [-0.39, 0.29) is 11.5 Å². The van der Waals surface area contributed by atoms with Crippen molar-refractivity contribution in [3.8, 4) is 5.75 Å². The highest BCUT2D eigenvalue weighted by Crippen LogP contribution is 2.49. The van der Waals surface area contributed by atoms with E-state index in [0.717, 1.165) is 25.9 Å². The molecule has 138 valence electrons. The predicted molar refractivity (Wildman–Crippen MR) is 104 cm³/mol. The molecule has 0 radical (unpaired) electrons. The molecule has 4 rings (SSSR count). The molecule has 5 heteroatoms. The summed E-state index contributed by atoms with van der Waals surface area (Å²) in [5.41, 5.74) is 2.39. The van der Waals surface area contributed by atoms with E-state index in [4.69, 9.17) is 16.3 Å². The molecule has 2 atom stereocenters. The van der Waals surface area contributed by atoms with Gasteiger partial charge < -0.3 is 20.5 Å². The Balaban J connectivity index is 1.44. The quantitative estimate of drug-likeness (QED) is 0.706. The van der Waals surface area contributed by atoms with E-state index in [1.165, 1.54) is 11.1 Å². The number of piperidine rings is 1. The lowest BCUT2D eigenvalue weighted by molar-refractivity contribution is 0.0435. The van der Waals surface area contributed by atoms with Crippen LogP contribution in [0, 0.1) is 0 Å². The number of aliphatic hydroxyl groups excluding tert-OH is 1. The van der Waals surface area contributed by atoms with Crippen molar-refractivity contribution in [1.29, 1.82) is 0 Å². The summed E-state index contributed by atoms with van der Waals surface area (Å²) in [5.74, 6) is 0.693. The van der Waals surface area contributed by atoms with Gasteiger partial charge in [-0.25, -0.2) is 0 Å². The van der Waals surface area contributed by atoms with Gasteiger partial charge in [0.1, 0.15) is 12.4 Å². The van der Waals surface area contributed by atoms with E-state index in [1.807, 2.05) is 24.3 Å². The Morgan fingerprint density at radius 3 is 2.65 bits per heavy atom. The van der Waals surface area contributed by atoms with E-state index in [1.54, 1.807) is 0 Å². The number of benzene rings is 2. The maximum absolute atomic E-state index is 11.2. The van der Waals surface area contributed by atoms with Crippen LogP contribution in [0.1, 0.15) is 30.0 Å². The van der Waals surface area contributed by atoms with E-state index in [0.29, 0.717) is 23.9 Å². The molecule has 0 aromatic heterocycles. The summed E-state index contributed by atoms with van der Waals surface area (Å²) in [6, 6.07) is 15.9. The first-order chi connectivity index (χ1) is 12.7. The van der Waals surface area contributed by atoms with Crippen molar-refractivity contribution in [2.45, 2.75) is 30.4 Å². The van der Waals surface area contributed by atoms with Gasteiger partial charge >= 0.3 is 0 Å². The molecule has 1 aliphatic heterocycles. The third-order valence-electron chi connectivity index (χ3n) is 5.77. The molecule has 1 aliphatic carbocycles. The fourth-order valence-electron chi connectivity index (χ4n) is 4.47. The summed E-state index contributed by atoms with van der Waals surface area (Å²) in [7, 11) is 0. The molecular weight excluding hydrogens is 348 g/mol. The molecule has 3 N–H and O–H groups in total. The van der Waals surface area contributed by atoms with Crippen LogP contribution in [0.25, 0.3) is 0 Å². The molecule has 1 heterocycles. The van der Waals surface area contributed by atoms with Crippen LogP contribution in [-0.4, -0.2) is 37.5 Å². The smallest absolute Gasteiger partial charge is 0.137 e. The number of fused-ring (bicyclic) bond motifs is 2. The Kier molecular flexibility index (Phi) is 5.18. The maximum atomic E-state index is 11.2. The number of rotatable bonds is 5. The number of para-hydroxylation sites is 1. The molecule has 26 heavy (non-hydrogen) atoms. The second-order valence-electron chi connectivity index (χ2n) is 7.15. The third-order valence-corrected chi connectivity index (χ3v) is 6.08. The Bertz CT molecular complexity index is 761. The minimum absolute atomic E-state index is 0.0563. The van der Waals surface area contributed by atoms with Crippen LogP contribution < -0.4 is 15.4 Å². The molecule has 1 saturated heterocycles. The zero-order valence-electron chi connectivity index (χ0n) is 14.7. The van der Waals surface area contributed by atoms with Gasteiger partial charge in [0.2, 0.25) is 0 Å². The topological polar surface area (TPSA) is 53.5 Å². The molecule has 0 bridgehead atoms. The monoisotopic (exact) mass is 372 g/mol. The maximum Gasteiger partial charge on any atom is 0.137 e. The van der Waals surface area contributed by atoms with Crippen LogP contribution in [0.15, 0.2) is 48.5 Å². The SMILES string of the molecule is O[C@H]1[C@H](NCCOc2ccccc2Cl)c2ccccc2C12CCNCC2. The molecule has 1 spiro atoms. The molecule has 0 unspecified atom stereocenters. The van der Waals surface area contributed by atoms with Gasteiger partial charge in [0.05, 0.1) is 17.2 Å². The first-order valence-electron chi connectivity index (χ1n) is 9.31. The number of aliphatic hydroxyl groups is 1. The number of hydrogen-bond acceptors (Lipinski definition) is 4. The van der Waals surface area contributed by atoms with Crippen LogP contribution >= 0.6 is 11.6 Å². The van der Waals surface area contributed by atoms with E-state index in [2.05, 4.69) is 34.9 Å². The zero-order chi connectivity index (χ0) is 18.0. The lowest BCUT2D eigenvalue weighted by Gasteiger charge is -2.39. The highest BCUT2D eigenvalue weighted by atomic mass is 35.5. The second-order valence-corrected chi connectivity index (χ2v) is 7.56. The normalized spacial score (nSPS) is 23.8. The predicted octanol–water partition coefficient (Wildman–Crippen LogP) is 3.05. The Labute approximate surface area is 159 Å². The molecule has 0 amide bonds. The summed E-state index contributed by atoms with van der Waals surface area (Å²) >= 11 is 6.13. The van der Waals surface area contributed by atoms with Crippen molar-refractivity contribution in [1.82, 2.24) is 10.6 Å². The lowest BCUT2D eigenvalue weighted by Crippen LogP contribution is -2.48. The standard InChI is InChI=1S/C21H25ClN2O2/c22-17-7-3-4-8-18(17)26-14-13-24-19-15-5-1-2-6-16(15)21(20(19)25)9-11-23-12-10-21/h1-8,19-20,23-25H,9-14H2/t19-,20+/m1/s1. The largest absolute Gasteiger partial charge is 0.491 e. The Hall–Kier alpha value is -1.59. The van der Waals surface area contributed by atoms with E-state index >= 15 is 0 Å². The van der Waals surface area contributed by atoms with Gasteiger partial charge in [0.15, 0.2) is 0 Å². The van der Waals surface area contributed by atoms with Gasteiger partial charge in [-0.05, 0) is 49.2 Å². The number of halogens is 1. The average Bonchev–Trinajstić information content (AvgIpc) is 2.90. The van der Waals surface area contributed by atoms with E-state index in [9.17, 15) is 5.11 Å². The minimum atomic E-state index is -0.415. The molecule has 2 aromatic carbocycles. The molecule has 4 nitrogen and oxygen atoms in total.